The Morgan fingerprint density at radius 2 is 1.90 bits per heavy atom. The van der Waals surface area contributed by atoms with E-state index >= 15 is 0 Å². The highest BCUT2D eigenvalue weighted by molar-refractivity contribution is 7.98. The van der Waals surface area contributed by atoms with Crippen LogP contribution in [-0.4, -0.2) is 22.8 Å². The fourth-order valence-electron chi connectivity index (χ4n) is 1.79. The third-order valence-electron chi connectivity index (χ3n) is 2.91. The number of aryl methyl sites for hydroxylation is 1. The van der Waals surface area contributed by atoms with Crippen molar-refractivity contribution in [2.24, 2.45) is 0 Å². The molecular formula is C15H18FN3S. The van der Waals surface area contributed by atoms with Crippen LogP contribution in [0, 0.1) is 12.7 Å². The minimum Gasteiger partial charge on any atom is -0.368 e. The molecule has 2 rings (SSSR count). The Balaban J connectivity index is 2.37. The number of nitrogens with one attached hydrogen (secondary N) is 1. The molecule has 5 heteroatoms. The van der Waals surface area contributed by atoms with Gasteiger partial charge >= 0.3 is 0 Å². The van der Waals surface area contributed by atoms with E-state index in [0.29, 0.717) is 18.1 Å². The summed E-state index contributed by atoms with van der Waals surface area (Å²) in [5.41, 5.74) is 1.26. The third kappa shape index (κ3) is 3.28. The number of rotatable bonds is 5. The number of thioether (sulfide) groups is 1. The van der Waals surface area contributed by atoms with Gasteiger partial charge in [-0.05, 0) is 31.7 Å². The van der Waals surface area contributed by atoms with Gasteiger partial charge in [0.25, 0.3) is 0 Å². The van der Waals surface area contributed by atoms with E-state index in [9.17, 15) is 4.39 Å². The molecule has 0 aliphatic carbocycles. The minimum atomic E-state index is -0.372. The lowest BCUT2D eigenvalue weighted by Crippen LogP contribution is -2.08. The molecule has 3 nitrogen and oxygen atoms in total. The quantitative estimate of drug-likeness (QED) is 0.840. The number of hydrogen-bond donors (Lipinski definition) is 1. The molecule has 1 aromatic heterocycles. The third-order valence-corrected chi connectivity index (χ3v) is 3.65. The fraction of sp³-hybridized carbons (Fsp3) is 0.333. The molecule has 0 fully saturated rings. The minimum absolute atomic E-state index is 0.281. The van der Waals surface area contributed by atoms with Gasteiger partial charge in [-0.25, -0.2) is 14.4 Å². The molecule has 0 radical (unpaired) electrons. The largest absolute Gasteiger partial charge is 0.368 e. The molecule has 0 saturated carbocycles. The van der Waals surface area contributed by atoms with Gasteiger partial charge in [0.2, 0.25) is 0 Å². The molecule has 0 spiro atoms. The molecule has 0 aliphatic heterocycles. The average molecular weight is 291 g/mol. The summed E-state index contributed by atoms with van der Waals surface area (Å²) in [4.78, 5) is 9.70. The fourth-order valence-corrected chi connectivity index (χ4v) is 2.20. The lowest BCUT2D eigenvalue weighted by molar-refractivity contribution is 0.605. The maximum atomic E-state index is 13.9. The molecule has 0 bridgehead atoms. The summed E-state index contributed by atoms with van der Waals surface area (Å²) in [6.45, 7) is 4.38. The van der Waals surface area contributed by atoms with Gasteiger partial charge < -0.3 is 5.32 Å². The maximum absolute atomic E-state index is 13.9. The monoisotopic (exact) mass is 291 g/mol. The highest BCUT2D eigenvalue weighted by Crippen LogP contribution is 2.23. The topological polar surface area (TPSA) is 37.8 Å². The predicted octanol–water partition coefficient (Wildman–Crippen LogP) is 4.13. The van der Waals surface area contributed by atoms with Crippen LogP contribution in [0.25, 0.3) is 11.4 Å². The Hall–Kier alpha value is -1.62. The van der Waals surface area contributed by atoms with Gasteiger partial charge in [0, 0.05) is 17.0 Å². The van der Waals surface area contributed by atoms with Crippen LogP contribution in [0.3, 0.4) is 0 Å². The smallest absolute Gasteiger partial charge is 0.186 e. The summed E-state index contributed by atoms with van der Waals surface area (Å²) in [6, 6.07) is 7.95. The summed E-state index contributed by atoms with van der Waals surface area (Å²) in [5, 5.41) is 3.01. The van der Waals surface area contributed by atoms with Gasteiger partial charge in [-0.3, -0.25) is 0 Å². The molecule has 20 heavy (non-hydrogen) atoms. The van der Waals surface area contributed by atoms with Crippen LogP contribution in [0.2, 0.25) is 0 Å². The van der Waals surface area contributed by atoms with Gasteiger partial charge in [-0.15, -0.1) is 11.8 Å². The summed E-state index contributed by atoms with van der Waals surface area (Å²) >= 11 is 1.68. The zero-order valence-corrected chi connectivity index (χ0v) is 12.7. The summed E-state index contributed by atoms with van der Waals surface area (Å²) < 4.78 is 13.9. The standard InChI is InChI=1S/C15H18FN3S/c1-4-9-17-15-13(16)10(2)18-14(19-15)11-5-7-12(20-3)8-6-11/h5-8H,4,9H2,1-3H3,(H,17,18,19). The van der Waals surface area contributed by atoms with Gasteiger partial charge in [0.05, 0.1) is 5.69 Å². The second kappa shape index (κ2) is 6.70. The first-order valence-electron chi connectivity index (χ1n) is 6.58. The molecule has 0 aliphatic rings. The van der Waals surface area contributed by atoms with E-state index in [4.69, 9.17) is 0 Å². The Bertz CT molecular complexity index is 584. The summed E-state index contributed by atoms with van der Waals surface area (Å²) in [5.74, 6) is 0.460. The van der Waals surface area contributed by atoms with Crippen molar-refractivity contribution in [3.05, 3.63) is 35.8 Å². The molecule has 1 aromatic carbocycles. The van der Waals surface area contributed by atoms with Crippen LogP contribution in [0.15, 0.2) is 29.2 Å². The predicted molar refractivity (Wildman–Crippen MR) is 82.7 cm³/mol. The van der Waals surface area contributed by atoms with Crippen LogP contribution >= 0.6 is 11.8 Å². The van der Waals surface area contributed by atoms with Crippen molar-refractivity contribution >= 4 is 17.6 Å². The van der Waals surface area contributed by atoms with E-state index in [1.54, 1.807) is 18.7 Å². The SMILES string of the molecule is CCCNc1nc(-c2ccc(SC)cc2)nc(C)c1F. The maximum Gasteiger partial charge on any atom is 0.186 e. The van der Waals surface area contributed by atoms with Crippen LogP contribution in [0.5, 0.6) is 0 Å². The van der Waals surface area contributed by atoms with E-state index < -0.39 is 0 Å². The molecule has 0 saturated heterocycles. The van der Waals surface area contributed by atoms with Crippen LogP contribution in [0.4, 0.5) is 10.2 Å². The molecule has 1 heterocycles. The molecule has 0 unspecified atom stereocenters. The first-order valence-corrected chi connectivity index (χ1v) is 7.80. The second-order valence-electron chi connectivity index (χ2n) is 4.45. The molecule has 2 aromatic rings. The van der Waals surface area contributed by atoms with Gasteiger partial charge in [0.1, 0.15) is 0 Å². The number of aromatic nitrogens is 2. The van der Waals surface area contributed by atoms with Crippen molar-refractivity contribution in [3.8, 4) is 11.4 Å². The van der Waals surface area contributed by atoms with Crippen molar-refractivity contribution in [1.29, 1.82) is 0 Å². The summed E-state index contributed by atoms with van der Waals surface area (Å²) in [6.07, 6.45) is 2.95. The molecule has 106 valence electrons. The highest BCUT2D eigenvalue weighted by Gasteiger charge is 2.12. The van der Waals surface area contributed by atoms with Crippen molar-refractivity contribution in [1.82, 2.24) is 9.97 Å². The Labute approximate surface area is 123 Å². The number of benzene rings is 1. The molecule has 0 atom stereocenters. The van der Waals surface area contributed by atoms with Gasteiger partial charge in [-0.2, -0.15) is 0 Å². The summed E-state index contributed by atoms with van der Waals surface area (Å²) in [7, 11) is 0. The highest BCUT2D eigenvalue weighted by atomic mass is 32.2. The molecule has 0 amide bonds. The first-order chi connectivity index (χ1) is 9.65. The second-order valence-corrected chi connectivity index (χ2v) is 5.33. The molecule has 1 N–H and O–H groups in total. The lowest BCUT2D eigenvalue weighted by atomic mass is 10.2. The number of anilines is 1. The number of hydrogen-bond acceptors (Lipinski definition) is 4. The number of halogens is 1. The van der Waals surface area contributed by atoms with E-state index in [1.807, 2.05) is 37.4 Å². The first kappa shape index (κ1) is 14.8. The van der Waals surface area contributed by atoms with Crippen molar-refractivity contribution in [2.75, 3.05) is 18.1 Å². The number of nitrogens with zero attached hydrogens (tertiary/aromatic N) is 2. The Morgan fingerprint density at radius 1 is 1.20 bits per heavy atom. The van der Waals surface area contributed by atoms with Gasteiger partial charge in [0.15, 0.2) is 17.5 Å². The normalized spacial score (nSPS) is 10.6. The zero-order chi connectivity index (χ0) is 14.5. The van der Waals surface area contributed by atoms with E-state index in [1.165, 1.54) is 4.90 Å². The zero-order valence-electron chi connectivity index (χ0n) is 11.9. The van der Waals surface area contributed by atoms with Gasteiger partial charge in [-0.1, -0.05) is 19.1 Å². The van der Waals surface area contributed by atoms with Crippen molar-refractivity contribution in [3.63, 3.8) is 0 Å². The van der Waals surface area contributed by atoms with Crippen molar-refractivity contribution in [2.45, 2.75) is 25.2 Å². The Morgan fingerprint density at radius 3 is 2.50 bits per heavy atom. The van der Waals surface area contributed by atoms with Crippen molar-refractivity contribution < 1.29 is 4.39 Å². The average Bonchev–Trinajstić information content (AvgIpc) is 2.48. The van der Waals surface area contributed by atoms with E-state index in [2.05, 4.69) is 15.3 Å². The Kier molecular flexibility index (Phi) is 4.95. The van der Waals surface area contributed by atoms with Crippen LogP contribution in [-0.2, 0) is 0 Å². The molecular weight excluding hydrogens is 273 g/mol. The lowest BCUT2D eigenvalue weighted by Gasteiger charge is -2.09. The van der Waals surface area contributed by atoms with Crippen LogP contribution in [0.1, 0.15) is 19.0 Å². The van der Waals surface area contributed by atoms with E-state index in [0.717, 1.165) is 12.0 Å². The van der Waals surface area contributed by atoms with Crippen LogP contribution < -0.4 is 5.32 Å². The van der Waals surface area contributed by atoms with E-state index in [-0.39, 0.29) is 11.6 Å².